The van der Waals surface area contributed by atoms with Gasteiger partial charge in [-0.3, -0.25) is 5.10 Å². The molecule has 0 saturated heterocycles. The largest absolute Gasteiger partial charge is 0.378 e. The molecule has 1 unspecified atom stereocenters. The van der Waals surface area contributed by atoms with Gasteiger partial charge in [0.2, 0.25) is 0 Å². The van der Waals surface area contributed by atoms with Crippen molar-refractivity contribution >= 4 is 12.4 Å². The molecule has 4 aromatic rings. The van der Waals surface area contributed by atoms with E-state index >= 15 is 0 Å². The summed E-state index contributed by atoms with van der Waals surface area (Å²) in [6.07, 6.45) is 5.60. The van der Waals surface area contributed by atoms with Gasteiger partial charge in [-0.25, -0.2) is 4.98 Å². The molecule has 176 valence electrons. The fourth-order valence-electron chi connectivity index (χ4n) is 4.59. The highest BCUT2D eigenvalue weighted by Crippen LogP contribution is 2.35. The number of carbonyl (C=O) groups excluding carboxylic acids is 1. The molecule has 6 nitrogen and oxygen atoms in total. The van der Waals surface area contributed by atoms with Crippen molar-refractivity contribution in [2.24, 2.45) is 0 Å². The molecule has 5 rings (SSSR count). The second kappa shape index (κ2) is 10.1. The number of carbonyl (C=O) groups is 1. The number of nitrogens with one attached hydrogen (secondary N) is 3. The van der Waals surface area contributed by atoms with Gasteiger partial charge >= 0.3 is 0 Å². The van der Waals surface area contributed by atoms with Crippen LogP contribution in [-0.2, 0) is 17.8 Å². The highest BCUT2D eigenvalue weighted by atomic mass is 16.1. The Labute approximate surface area is 205 Å². The number of benzene rings is 2. The summed E-state index contributed by atoms with van der Waals surface area (Å²) in [6.45, 7) is 5.81. The molecule has 0 fully saturated rings. The zero-order valence-electron chi connectivity index (χ0n) is 20.0. The normalized spacial score (nSPS) is 14.4. The lowest BCUT2D eigenvalue weighted by molar-refractivity contribution is -0.109. The van der Waals surface area contributed by atoms with E-state index in [2.05, 4.69) is 70.2 Å². The number of H-pyrrole nitrogens is 1. The Morgan fingerprint density at radius 1 is 1.03 bits per heavy atom. The summed E-state index contributed by atoms with van der Waals surface area (Å²) >= 11 is 0. The standard InChI is InChI=1S/C29H29N5O/c1-19-24(20(2)34-33-19)12-14-30-17-21-8-10-23(11-9-21)29-25(22-6-4-3-5-7-22)16-26-27(32-29)13-15-31-28(26)18-35/h3-11,13,15-16,18,28,30-31H,12,14,17H2,1-2H3,(H,33,34). The van der Waals surface area contributed by atoms with Crippen molar-refractivity contribution < 1.29 is 4.79 Å². The molecule has 6 heteroatoms. The first kappa shape index (κ1) is 22.7. The van der Waals surface area contributed by atoms with Crippen LogP contribution in [0.25, 0.3) is 28.5 Å². The van der Waals surface area contributed by atoms with E-state index in [4.69, 9.17) is 4.98 Å². The number of hydrogen-bond acceptors (Lipinski definition) is 5. The monoisotopic (exact) mass is 463 g/mol. The van der Waals surface area contributed by atoms with Crippen LogP contribution >= 0.6 is 0 Å². The lowest BCUT2D eigenvalue weighted by Crippen LogP contribution is -2.21. The third kappa shape index (κ3) is 4.79. The van der Waals surface area contributed by atoms with E-state index in [0.29, 0.717) is 0 Å². The van der Waals surface area contributed by atoms with Crippen molar-refractivity contribution in [1.29, 1.82) is 0 Å². The number of aromatic amines is 1. The molecule has 3 heterocycles. The van der Waals surface area contributed by atoms with E-state index in [1.807, 2.05) is 31.2 Å². The van der Waals surface area contributed by atoms with Crippen molar-refractivity contribution in [3.05, 3.63) is 101 Å². The van der Waals surface area contributed by atoms with Gasteiger partial charge in [0.1, 0.15) is 12.3 Å². The molecule has 0 spiro atoms. The molecule has 0 bridgehead atoms. The maximum Gasteiger partial charge on any atom is 0.146 e. The number of aromatic nitrogens is 3. The molecule has 0 saturated carbocycles. The Balaban J connectivity index is 1.37. The van der Waals surface area contributed by atoms with Gasteiger partial charge < -0.3 is 15.4 Å². The van der Waals surface area contributed by atoms with Crippen molar-refractivity contribution in [2.75, 3.05) is 6.54 Å². The van der Waals surface area contributed by atoms with Crippen LogP contribution < -0.4 is 10.6 Å². The molecule has 2 aromatic heterocycles. The summed E-state index contributed by atoms with van der Waals surface area (Å²) in [7, 11) is 0. The van der Waals surface area contributed by atoms with Crippen molar-refractivity contribution in [3.63, 3.8) is 0 Å². The lowest BCUT2D eigenvalue weighted by atomic mass is 9.93. The summed E-state index contributed by atoms with van der Waals surface area (Å²) < 4.78 is 0. The van der Waals surface area contributed by atoms with Gasteiger partial charge in [-0.2, -0.15) is 5.10 Å². The number of aryl methyl sites for hydroxylation is 2. The van der Waals surface area contributed by atoms with E-state index in [1.54, 1.807) is 6.20 Å². The Morgan fingerprint density at radius 3 is 2.54 bits per heavy atom. The third-order valence-corrected chi connectivity index (χ3v) is 6.54. The van der Waals surface area contributed by atoms with E-state index in [0.717, 1.165) is 70.8 Å². The Bertz CT molecular complexity index is 1340. The SMILES string of the molecule is Cc1n[nH]c(C)c1CCNCc1ccc(-c2nc3c(cc2-c2ccccc2)C(C=O)NC=C3)cc1. The van der Waals surface area contributed by atoms with Crippen LogP contribution in [0, 0.1) is 13.8 Å². The average Bonchev–Trinajstić information content (AvgIpc) is 3.23. The van der Waals surface area contributed by atoms with Crippen molar-refractivity contribution in [3.8, 4) is 22.4 Å². The second-order valence-corrected chi connectivity index (χ2v) is 8.88. The third-order valence-electron chi connectivity index (χ3n) is 6.54. The molecule has 2 aromatic carbocycles. The van der Waals surface area contributed by atoms with Crippen molar-refractivity contribution in [1.82, 2.24) is 25.8 Å². The topological polar surface area (TPSA) is 82.7 Å². The fraction of sp³-hybridized carbons (Fsp3) is 0.207. The summed E-state index contributed by atoms with van der Waals surface area (Å²) in [5.41, 5.74) is 10.5. The quantitative estimate of drug-likeness (QED) is 0.256. The van der Waals surface area contributed by atoms with Crippen LogP contribution in [0.3, 0.4) is 0 Å². The summed E-state index contributed by atoms with van der Waals surface area (Å²) in [5, 5.41) is 14.0. The zero-order chi connectivity index (χ0) is 24.2. The number of rotatable bonds is 8. The van der Waals surface area contributed by atoms with Crippen LogP contribution in [0.2, 0.25) is 0 Å². The molecule has 0 amide bonds. The summed E-state index contributed by atoms with van der Waals surface area (Å²) in [4.78, 5) is 16.6. The predicted octanol–water partition coefficient (Wildman–Crippen LogP) is 4.90. The molecular formula is C29H29N5O. The first-order valence-electron chi connectivity index (χ1n) is 11.9. The molecule has 3 N–H and O–H groups in total. The van der Waals surface area contributed by atoms with E-state index in [-0.39, 0.29) is 6.04 Å². The van der Waals surface area contributed by atoms with Gasteiger partial charge in [0.25, 0.3) is 0 Å². The molecule has 35 heavy (non-hydrogen) atoms. The molecule has 1 atom stereocenters. The van der Waals surface area contributed by atoms with Crippen molar-refractivity contribution in [2.45, 2.75) is 32.9 Å². The number of nitrogens with zero attached hydrogens (tertiary/aromatic N) is 2. The van der Waals surface area contributed by atoms with Gasteiger partial charge in [0, 0.05) is 28.9 Å². The minimum atomic E-state index is -0.387. The first-order chi connectivity index (χ1) is 17.1. The zero-order valence-corrected chi connectivity index (χ0v) is 20.0. The number of pyridine rings is 1. The Morgan fingerprint density at radius 2 is 1.83 bits per heavy atom. The average molecular weight is 464 g/mol. The molecule has 0 radical (unpaired) electrons. The van der Waals surface area contributed by atoms with Crippen LogP contribution in [0.5, 0.6) is 0 Å². The predicted molar refractivity (Wildman–Crippen MR) is 140 cm³/mol. The molecule has 1 aliphatic rings. The van der Waals surface area contributed by atoms with Gasteiger partial charge in [-0.15, -0.1) is 0 Å². The maximum absolute atomic E-state index is 11.6. The van der Waals surface area contributed by atoms with E-state index in [9.17, 15) is 4.79 Å². The highest BCUT2D eigenvalue weighted by molar-refractivity contribution is 5.84. The minimum absolute atomic E-state index is 0.387. The minimum Gasteiger partial charge on any atom is -0.378 e. The second-order valence-electron chi connectivity index (χ2n) is 8.88. The number of fused-ring (bicyclic) bond motifs is 1. The summed E-state index contributed by atoms with van der Waals surface area (Å²) in [5.74, 6) is 0. The summed E-state index contributed by atoms with van der Waals surface area (Å²) in [6, 6.07) is 20.5. The Hall–Kier alpha value is -4.03. The fourth-order valence-corrected chi connectivity index (χ4v) is 4.59. The van der Waals surface area contributed by atoms with Crippen LogP contribution in [0.15, 0.2) is 66.9 Å². The van der Waals surface area contributed by atoms with E-state index in [1.165, 1.54) is 11.1 Å². The van der Waals surface area contributed by atoms with Gasteiger partial charge in [0.05, 0.1) is 17.1 Å². The van der Waals surface area contributed by atoms with Gasteiger partial charge in [-0.1, -0.05) is 54.6 Å². The van der Waals surface area contributed by atoms with Gasteiger partial charge in [-0.05, 0) is 61.8 Å². The smallest absolute Gasteiger partial charge is 0.146 e. The highest BCUT2D eigenvalue weighted by Gasteiger charge is 2.21. The molecule has 0 aliphatic carbocycles. The molecule has 1 aliphatic heterocycles. The molecular weight excluding hydrogens is 434 g/mol. The van der Waals surface area contributed by atoms with Gasteiger partial charge in [0.15, 0.2) is 0 Å². The van der Waals surface area contributed by atoms with E-state index < -0.39 is 0 Å². The van der Waals surface area contributed by atoms with Crippen LogP contribution in [0.1, 0.15) is 39.8 Å². The Kier molecular flexibility index (Phi) is 6.55. The van der Waals surface area contributed by atoms with Crippen LogP contribution in [0.4, 0.5) is 0 Å². The van der Waals surface area contributed by atoms with Crippen LogP contribution in [-0.4, -0.2) is 28.0 Å². The first-order valence-corrected chi connectivity index (χ1v) is 11.9. The lowest BCUT2D eigenvalue weighted by Gasteiger charge is -2.21. The maximum atomic E-state index is 11.6. The number of hydrogen-bond donors (Lipinski definition) is 3. The number of aldehydes is 1.